The Labute approximate surface area is 161 Å². The fourth-order valence-corrected chi connectivity index (χ4v) is 5.77. The van der Waals surface area contributed by atoms with Crippen LogP contribution in [-0.2, 0) is 19.1 Å². The van der Waals surface area contributed by atoms with Gasteiger partial charge >= 0.3 is 5.97 Å². The van der Waals surface area contributed by atoms with E-state index in [1.54, 1.807) is 0 Å². The molecule has 0 aromatic heterocycles. The van der Waals surface area contributed by atoms with Crippen molar-refractivity contribution < 1.29 is 19.1 Å². The number of piperidine rings is 1. The molecule has 2 amide bonds. The number of nitrogens with zero attached hydrogens (tertiary/aromatic N) is 2. The molecular formula is C21H32N2O4. The molecule has 3 heterocycles. The average molecular weight is 376 g/mol. The first kappa shape index (κ1) is 18.8. The zero-order valence-corrected chi connectivity index (χ0v) is 16.7. The first-order chi connectivity index (χ1) is 12.8. The van der Waals surface area contributed by atoms with E-state index in [0.717, 1.165) is 51.6 Å². The van der Waals surface area contributed by atoms with Crippen molar-refractivity contribution >= 4 is 17.8 Å². The molecular weight excluding hydrogens is 344 g/mol. The zero-order valence-electron chi connectivity index (χ0n) is 16.7. The Balaban J connectivity index is 1.39. The van der Waals surface area contributed by atoms with E-state index < -0.39 is 5.60 Å². The van der Waals surface area contributed by atoms with Crippen LogP contribution in [0.15, 0.2) is 0 Å². The molecule has 0 N–H and O–H groups in total. The third-order valence-electron chi connectivity index (χ3n) is 7.20. The van der Waals surface area contributed by atoms with Gasteiger partial charge in [-0.05, 0) is 44.4 Å². The summed E-state index contributed by atoms with van der Waals surface area (Å²) in [6, 6.07) is 0. The number of hydrogen-bond donors (Lipinski definition) is 0. The van der Waals surface area contributed by atoms with Gasteiger partial charge in [-0.2, -0.15) is 0 Å². The number of amides is 2. The molecule has 4 fully saturated rings. The highest BCUT2D eigenvalue weighted by Gasteiger charge is 2.55. The molecule has 4 aliphatic rings. The van der Waals surface area contributed by atoms with Gasteiger partial charge in [-0.25, -0.2) is 0 Å². The van der Waals surface area contributed by atoms with Crippen molar-refractivity contribution in [3.05, 3.63) is 0 Å². The number of carbonyl (C=O) groups excluding carboxylic acids is 3. The SMILES string of the molecule is CC(C)CN1CC2(CCN(C(=O)[C@H]3CC(=O)OC34CCCC4)CC2)CC1=O. The number of carbonyl (C=O) groups is 3. The highest BCUT2D eigenvalue weighted by atomic mass is 16.6. The Bertz CT molecular complexity index is 630. The van der Waals surface area contributed by atoms with Crippen molar-refractivity contribution in [2.24, 2.45) is 17.3 Å². The van der Waals surface area contributed by atoms with Crippen LogP contribution in [0.25, 0.3) is 0 Å². The number of rotatable bonds is 3. The maximum absolute atomic E-state index is 13.2. The second-order valence-electron chi connectivity index (χ2n) is 9.67. The fourth-order valence-electron chi connectivity index (χ4n) is 5.77. The number of hydrogen-bond acceptors (Lipinski definition) is 4. The zero-order chi connectivity index (χ0) is 19.2. The van der Waals surface area contributed by atoms with Gasteiger partial charge in [0.15, 0.2) is 0 Å². The third-order valence-corrected chi connectivity index (χ3v) is 7.20. The molecule has 3 saturated heterocycles. The maximum Gasteiger partial charge on any atom is 0.307 e. The second-order valence-corrected chi connectivity index (χ2v) is 9.67. The average Bonchev–Trinajstić information content (AvgIpc) is 3.28. The monoisotopic (exact) mass is 376 g/mol. The van der Waals surface area contributed by atoms with E-state index in [0.29, 0.717) is 25.4 Å². The number of likely N-dealkylation sites (tertiary alicyclic amines) is 2. The molecule has 27 heavy (non-hydrogen) atoms. The molecule has 0 aromatic carbocycles. The van der Waals surface area contributed by atoms with E-state index in [1.807, 2.05) is 9.80 Å². The van der Waals surface area contributed by atoms with Crippen molar-refractivity contribution in [1.29, 1.82) is 0 Å². The highest BCUT2D eigenvalue weighted by molar-refractivity contribution is 5.88. The lowest BCUT2D eigenvalue weighted by atomic mass is 9.76. The van der Waals surface area contributed by atoms with Crippen LogP contribution in [0.3, 0.4) is 0 Å². The fraction of sp³-hybridized carbons (Fsp3) is 0.857. The van der Waals surface area contributed by atoms with Gasteiger partial charge in [-0.1, -0.05) is 13.8 Å². The quantitative estimate of drug-likeness (QED) is 0.709. The largest absolute Gasteiger partial charge is 0.458 e. The van der Waals surface area contributed by atoms with E-state index in [-0.39, 0.29) is 35.5 Å². The normalized spacial score (nSPS) is 29.4. The van der Waals surface area contributed by atoms with Crippen molar-refractivity contribution in [2.75, 3.05) is 26.2 Å². The van der Waals surface area contributed by atoms with Gasteiger partial charge in [0.1, 0.15) is 5.60 Å². The lowest BCUT2D eigenvalue weighted by Crippen LogP contribution is -2.50. The lowest BCUT2D eigenvalue weighted by molar-refractivity contribution is -0.152. The Kier molecular flexibility index (Phi) is 4.71. The summed E-state index contributed by atoms with van der Waals surface area (Å²) in [5.74, 6) is 0.330. The summed E-state index contributed by atoms with van der Waals surface area (Å²) in [5.41, 5.74) is -0.490. The van der Waals surface area contributed by atoms with Crippen LogP contribution in [0, 0.1) is 17.3 Å². The Hall–Kier alpha value is -1.59. The molecule has 2 spiro atoms. The van der Waals surface area contributed by atoms with Crippen LogP contribution >= 0.6 is 0 Å². The van der Waals surface area contributed by atoms with Crippen LogP contribution in [0.1, 0.15) is 65.2 Å². The molecule has 0 unspecified atom stereocenters. The summed E-state index contributed by atoms with van der Waals surface area (Å²) in [6.07, 6.45) is 6.35. The predicted molar refractivity (Wildman–Crippen MR) is 99.7 cm³/mol. The van der Waals surface area contributed by atoms with Gasteiger partial charge in [-0.15, -0.1) is 0 Å². The van der Waals surface area contributed by atoms with Crippen molar-refractivity contribution in [2.45, 2.75) is 70.8 Å². The van der Waals surface area contributed by atoms with Crippen LogP contribution in [0.5, 0.6) is 0 Å². The summed E-state index contributed by atoms with van der Waals surface area (Å²) in [4.78, 5) is 41.5. The summed E-state index contributed by atoms with van der Waals surface area (Å²) >= 11 is 0. The summed E-state index contributed by atoms with van der Waals surface area (Å²) < 4.78 is 5.65. The molecule has 0 aromatic rings. The number of ether oxygens (including phenoxy) is 1. The topological polar surface area (TPSA) is 66.9 Å². The molecule has 4 rings (SSSR count). The van der Waals surface area contributed by atoms with E-state index in [1.165, 1.54) is 0 Å². The smallest absolute Gasteiger partial charge is 0.307 e. The van der Waals surface area contributed by atoms with Crippen molar-refractivity contribution in [1.82, 2.24) is 9.80 Å². The summed E-state index contributed by atoms with van der Waals surface area (Å²) in [6.45, 7) is 7.34. The highest BCUT2D eigenvalue weighted by Crippen LogP contribution is 2.47. The van der Waals surface area contributed by atoms with E-state index in [2.05, 4.69) is 13.8 Å². The standard InChI is InChI=1S/C21H32N2O4/c1-15(2)13-23-14-20(12-17(23)24)7-9-22(10-8-20)19(26)16-11-18(25)27-21(16)5-3-4-6-21/h15-16H,3-14H2,1-2H3/t16-/m1/s1. The summed E-state index contributed by atoms with van der Waals surface area (Å²) in [7, 11) is 0. The maximum atomic E-state index is 13.2. The molecule has 0 bridgehead atoms. The summed E-state index contributed by atoms with van der Waals surface area (Å²) in [5, 5.41) is 0. The van der Waals surface area contributed by atoms with Crippen LogP contribution in [0.2, 0.25) is 0 Å². The van der Waals surface area contributed by atoms with Gasteiger partial charge in [0.25, 0.3) is 0 Å². The second kappa shape index (κ2) is 6.78. The first-order valence-electron chi connectivity index (χ1n) is 10.6. The Morgan fingerprint density at radius 1 is 1.15 bits per heavy atom. The molecule has 6 heteroatoms. The van der Waals surface area contributed by atoms with Crippen LogP contribution in [-0.4, -0.2) is 59.4 Å². The molecule has 150 valence electrons. The van der Waals surface area contributed by atoms with Gasteiger partial charge in [0.05, 0.1) is 12.3 Å². The minimum Gasteiger partial charge on any atom is -0.458 e. The van der Waals surface area contributed by atoms with E-state index in [4.69, 9.17) is 4.74 Å². The van der Waals surface area contributed by atoms with Gasteiger partial charge in [0.2, 0.25) is 11.8 Å². The minimum absolute atomic E-state index is 0.0375. The Morgan fingerprint density at radius 2 is 1.81 bits per heavy atom. The van der Waals surface area contributed by atoms with Crippen molar-refractivity contribution in [3.8, 4) is 0 Å². The van der Waals surface area contributed by atoms with E-state index >= 15 is 0 Å². The van der Waals surface area contributed by atoms with E-state index in [9.17, 15) is 14.4 Å². The minimum atomic E-state index is -0.527. The molecule has 1 saturated carbocycles. The molecule has 1 atom stereocenters. The van der Waals surface area contributed by atoms with Crippen LogP contribution in [0.4, 0.5) is 0 Å². The predicted octanol–water partition coefficient (Wildman–Crippen LogP) is 2.36. The van der Waals surface area contributed by atoms with Crippen LogP contribution < -0.4 is 0 Å². The van der Waals surface area contributed by atoms with Gasteiger partial charge in [0, 0.05) is 38.0 Å². The molecule has 3 aliphatic heterocycles. The molecule has 0 radical (unpaired) electrons. The first-order valence-corrected chi connectivity index (χ1v) is 10.6. The van der Waals surface area contributed by atoms with Gasteiger partial charge in [-0.3, -0.25) is 14.4 Å². The Morgan fingerprint density at radius 3 is 2.44 bits per heavy atom. The molecule has 6 nitrogen and oxygen atoms in total. The lowest BCUT2D eigenvalue weighted by Gasteiger charge is -2.41. The van der Waals surface area contributed by atoms with Crippen molar-refractivity contribution in [3.63, 3.8) is 0 Å². The number of esters is 1. The van der Waals surface area contributed by atoms with Gasteiger partial charge < -0.3 is 14.5 Å². The molecule has 1 aliphatic carbocycles. The third kappa shape index (κ3) is 3.36.